The number of likely N-dealkylation sites (tertiary alicyclic amines) is 1. The Morgan fingerprint density at radius 3 is 2.64 bits per heavy atom. The molecule has 0 bridgehead atoms. The number of carbonyl (C=O) groups excluding carboxylic acids is 1. The summed E-state index contributed by atoms with van der Waals surface area (Å²) in [5, 5.41) is 12.0. The summed E-state index contributed by atoms with van der Waals surface area (Å²) >= 11 is 1.56. The molecule has 7 nitrogen and oxygen atoms in total. The van der Waals surface area contributed by atoms with Crippen molar-refractivity contribution in [3.63, 3.8) is 0 Å². The Morgan fingerprint density at radius 1 is 1.32 bits per heavy atom. The minimum absolute atomic E-state index is 0. The summed E-state index contributed by atoms with van der Waals surface area (Å²) in [7, 11) is 1.51. The van der Waals surface area contributed by atoms with Crippen molar-refractivity contribution in [2.45, 2.75) is 20.0 Å². The second-order valence-electron chi connectivity index (χ2n) is 6.09. The van der Waals surface area contributed by atoms with E-state index in [4.69, 9.17) is 14.6 Å². The summed E-state index contributed by atoms with van der Waals surface area (Å²) in [4.78, 5) is 29.6. The molecule has 2 heterocycles. The van der Waals surface area contributed by atoms with Crippen LogP contribution >= 0.6 is 36.2 Å². The molecule has 1 atom stereocenters. The number of carboxylic acids is 1. The number of ether oxygens (including phenoxy) is 2. The number of aromatic nitrogens is 1. The second-order valence-corrected chi connectivity index (χ2v) is 7.15. The number of benzene rings is 1. The van der Waals surface area contributed by atoms with Crippen LogP contribution in [0, 0.1) is 12.8 Å². The van der Waals surface area contributed by atoms with Gasteiger partial charge in [0.2, 0.25) is 0 Å². The SMILES string of the molecule is COc1cc(C(=O)N2CCC(C(=O)O)C2)ccc1OCc1csc(C)n1.Cl.Cl. The number of amides is 1. The van der Waals surface area contributed by atoms with Gasteiger partial charge in [-0.25, -0.2) is 4.98 Å². The van der Waals surface area contributed by atoms with Crippen molar-refractivity contribution in [1.82, 2.24) is 9.88 Å². The average molecular weight is 449 g/mol. The Morgan fingerprint density at radius 2 is 2.07 bits per heavy atom. The molecule has 1 fully saturated rings. The van der Waals surface area contributed by atoms with Crippen LogP contribution in [0.15, 0.2) is 23.6 Å². The van der Waals surface area contributed by atoms with Gasteiger partial charge >= 0.3 is 5.97 Å². The molecule has 1 unspecified atom stereocenters. The van der Waals surface area contributed by atoms with Crippen LogP contribution in [-0.2, 0) is 11.4 Å². The van der Waals surface area contributed by atoms with Crippen LogP contribution in [0.25, 0.3) is 0 Å². The maximum absolute atomic E-state index is 12.6. The molecule has 28 heavy (non-hydrogen) atoms. The zero-order chi connectivity index (χ0) is 18.7. The fraction of sp³-hybridized carbons (Fsp3) is 0.389. The molecule has 0 aliphatic carbocycles. The monoisotopic (exact) mass is 448 g/mol. The van der Waals surface area contributed by atoms with Gasteiger partial charge in [0, 0.05) is 24.0 Å². The zero-order valence-corrected chi connectivity index (χ0v) is 17.9. The van der Waals surface area contributed by atoms with E-state index in [0.717, 1.165) is 10.7 Å². The highest BCUT2D eigenvalue weighted by Crippen LogP contribution is 2.30. The fourth-order valence-corrected chi connectivity index (χ4v) is 3.47. The Bertz CT molecular complexity index is 830. The minimum atomic E-state index is -0.862. The largest absolute Gasteiger partial charge is 0.493 e. The zero-order valence-electron chi connectivity index (χ0n) is 15.4. The molecule has 2 aromatic rings. The van der Waals surface area contributed by atoms with Gasteiger partial charge in [-0.15, -0.1) is 36.2 Å². The smallest absolute Gasteiger partial charge is 0.308 e. The first-order chi connectivity index (χ1) is 12.5. The first-order valence-electron chi connectivity index (χ1n) is 8.22. The van der Waals surface area contributed by atoms with Crippen molar-refractivity contribution in [2.75, 3.05) is 20.2 Å². The normalized spacial score (nSPS) is 15.4. The molecule has 3 rings (SSSR count). The Hall–Kier alpha value is -2.03. The van der Waals surface area contributed by atoms with E-state index < -0.39 is 11.9 Å². The van der Waals surface area contributed by atoms with E-state index in [1.807, 2.05) is 12.3 Å². The molecule has 1 aromatic carbocycles. The van der Waals surface area contributed by atoms with E-state index in [1.165, 1.54) is 7.11 Å². The fourth-order valence-electron chi connectivity index (χ4n) is 2.87. The number of methoxy groups -OCH3 is 1. The highest BCUT2D eigenvalue weighted by Gasteiger charge is 2.31. The topological polar surface area (TPSA) is 89.0 Å². The van der Waals surface area contributed by atoms with E-state index in [-0.39, 0.29) is 37.3 Å². The predicted octanol–water partition coefficient (Wildman–Crippen LogP) is 3.43. The molecule has 1 aliphatic rings. The lowest BCUT2D eigenvalue weighted by Gasteiger charge is -2.17. The number of nitrogens with zero attached hydrogens (tertiary/aromatic N) is 2. The van der Waals surface area contributed by atoms with Gasteiger partial charge in [-0.1, -0.05) is 0 Å². The number of thiazole rings is 1. The number of aryl methyl sites for hydroxylation is 1. The number of halogens is 2. The van der Waals surface area contributed by atoms with Crippen LogP contribution in [0.2, 0.25) is 0 Å². The summed E-state index contributed by atoms with van der Waals surface area (Å²) in [6, 6.07) is 4.98. The molecule has 0 spiro atoms. The standard InChI is InChI=1S/C18H20N2O5S.2ClH/c1-11-19-14(10-26-11)9-25-15-4-3-12(7-16(15)24-2)17(21)20-6-5-13(8-20)18(22)23;;/h3-4,7,10,13H,5-6,8-9H2,1-2H3,(H,22,23);2*1H. The van der Waals surface area contributed by atoms with E-state index >= 15 is 0 Å². The van der Waals surface area contributed by atoms with Gasteiger partial charge in [0.15, 0.2) is 11.5 Å². The van der Waals surface area contributed by atoms with Crippen LogP contribution in [0.5, 0.6) is 11.5 Å². The van der Waals surface area contributed by atoms with Crippen molar-refractivity contribution in [3.8, 4) is 11.5 Å². The van der Waals surface area contributed by atoms with Gasteiger partial charge < -0.3 is 19.5 Å². The van der Waals surface area contributed by atoms with E-state index in [9.17, 15) is 9.59 Å². The molecule has 1 aromatic heterocycles. The van der Waals surface area contributed by atoms with Crippen LogP contribution in [0.4, 0.5) is 0 Å². The van der Waals surface area contributed by atoms with Crippen molar-refractivity contribution in [1.29, 1.82) is 0 Å². The maximum atomic E-state index is 12.6. The van der Waals surface area contributed by atoms with Gasteiger partial charge in [-0.05, 0) is 31.5 Å². The van der Waals surface area contributed by atoms with Crippen LogP contribution in [0.3, 0.4) is 0 Å². The lowest BCUT2D eigenvalue weighted by atomic mass is 10.1. The third-order valence-corrected chi connectivity index (χ3v) is 5.10. The van der Waals surface area contributed by atoms with Crippen LogP contribution in [-0.4, -0.2) is 47.1 Å². The lowest BCUT2D eigenvalue weighted by Crippen LogP contribution is -2.29. The van der Waals surface area contributed by atoms with Gasteiger partial charge in [0.25, 0.3) is 5.91 Å². The summed E-state index contributed by atoms with van der Waals surface area (Å²) < 4.78 is 11.1. The minimum Gasteiger partial charge on any atom is -0.493 e. The molecule has 1 saturated heterocycles. The van der Waals surface area contributed by atoms with Crippen LogP contribution < -0.4 is 9.47 Å². The molecule has 1 N–H and O–H groups in total. The van der Waals surface area contributed by atoms with Crippen molar-refractivity contribution < 1.29 is 24.2 Å². The third-order valence-electron chi connectivity index (χ3n) is 4.28. The number of carboxylic acid groups (broad SMARTS) is 1. The van der Waals surface area contributed by atoms with Gasteiger partial charge in [0.1, 0.15) is 6.61 Å². The summed E-state index contributed by atoms with van der Waals surface area (Å²) in [6.07, 6.45) is 0.479. The Labute approximate surface area is 179 Å². The molecule has 10 heteroatoms. The molecule has 1 aliphatic heterocycles. The van der Waals surface area contributed by atoms with Gasteiger partial charge in [-0.3, -0.25) is 9.59 Å². The molecular weight excluding hydrogens is 427 g/mol. The molecular formula is C18H22Cl2N2O5S. The average Bonchev–Trinajstić information content (AvgIpc) is 3.28. The van der Waals surface area contributed by atoms with Crippen molar-refractivity contribution in [3.05, 3.63) is 39.8 Å². The highest BCUT2D eigenvalue weighted by molar-refractivity contribution is 7.09. The maximum Gasteiger partial charge on any atom is 0.308 e. The van der Waals surface area contributed by atoms with E-state index in [2.05, 4.69) is 4.98 Å². The van der Waals surface area contributed by atoms with E-state index in [0.29, 0.717) is 36.6 Å². The first-order valence-corrected chi connectivity index (χ1v) is 9.10. The quantitative estimate of drug-likeness (QED) is 0.727. The lowest BCUT2D eigenvalue weighted by molar-refractivity contribution is -0.141. The molecule has 0 saturated carbocycles. The van der Waals surface area contributed by atoms with Crippen molar-refractivity contribution in [2.24, 2.45) is 5.92 Å². The molecule has 154 valence electrons. The Balaban J connectivity index is 0.00000196. The van der Waals surface area contributed by atoms with Gasteiger partial charge in [0.05, 0.1) is 23.7 Å². The predicted molar refractivity (Wildman–Crippen MR) is 110 cm³/mol. The number of hydrogen-bond acceptors (Lipinski definition) is 6. The summed E-state index contributed by atoms with van der Waals surface area (Å²) in [5.41, 5.74) is 1.29. The number of aliphatic carboxylic acids is 1. The highest BCUT2D eigenvalue weighted by atomic mass is 35.5. The van der Waals surface area contributed by atoms with E-state index in [1.54, 1.807) is 34.4 Å². The number of carbonyl (C=O) groups is 2. The second kappa shape index (κ2) is 10.5. The number of hydrogen-bond donors (Lipinski definition) is 1. The molecule has 1 amide bonds. The van der Waals surface area contributed by atoms with Gasteiger partial charge in [-0.2, -0.15) is 0 Å². The third kappa shape index (κ3) is 5.50. The van der Waals surface area contributed by atoms with Crippen molar-refractivity contribution >= 4 is 48.0 Å². The summed E-state index contributed by atoms with van der Waals surface area (Å²) in [5.74, 6) is -0.575. The first kappa shape index (κ1) is 24.0. The van der Waals surface area contributed by atoms with Crippen LogP contribution in [0.1, 0.15) is 27.5 Å². The Kier molecular flexibility index (Phi) is 9.00. The molecule has 0 radical (unpaired) electrons. The summed E-state index contributed by atoms with van der Waals surface area (Å²) in [6.45, 7) is 2.93. The number of rotatable bonds is 6.